The fourth-order valence-corrected chi connectivity index (χ4v) is 4.28. The molecule has 0 saturated heterocycles. The predicted molar refractivity (Wildman–Crippen MR) is 121 cm³/mol. The number of fused-ring (bicyclic) bond motifs is 1. The number of carboxylic acid groups (broad SMARTS) is 1. The van der Waals surface area contributed by atoms with Crippen molar-refractivity contribution in [3.8, 4) is 11.5 Å². The summed E-state index contributed by atoms with van der Waals surface area (Å²) in [6.07, 6.45) is 0.559. The lowest BCUT2D eigenvalue weighted by atomic mass is 10.1. The summed E-state index contributed by atoms with van der Waals surface area (Å²) in [5.74, 6) is -0.00812. The maximum Gasteiger partial charge on any atom is 0.337 e. The van der Waals surface area contributed by atoms with Gasteiger partial charge in [-0.1, -0.05) is 19.9 Å². The number of carbonyl (C=O) groups excluding carboxylic acids is 1. The minimum Gasteiger partial charge on any atom is -0.493 e. The molecule has 0 unspecified atom stereocenters. The Morgan fingerprint density at radius 2 is 1.94 bits per heavy atom. The first-order valence-electron chi connectivity index (χ1n) is 9.99. The van der Waals surface area contributed by atoms with E-state index in [1.807, 2.05) is 26.0 Å². The zero-order valence-electron chi connectivity index (χ0n) is 18.3. The molecule has 32 heavy (non-hydrogen) atoms. The van der Waals surface area contributed by atoms with Gasteiger partial charge in [0.2, 0.25) is 5.91 Å². The minimum absolute atomic E-state index is 0.0324. The monoisotopic (exact) mass is 459 g/mol. The highest BCUT2D eigenvalue weighted by atomic mass is 32.1. The second-order valence-corrected chi connectivity index (χ2v) is 8.30. The molecule has 9 nitrogen and oxygen atoms in total. The van der Waals surface area contributed by atoms with E-state index in [2.05, 4.69) is 10.3 Å². The lowest BCUT2D eigenvalue weighted by Gasteiger charge is -2.15. The van der Waals surface area contributed by atoms with Gasteiger partial charge in [0.1, 0.15) is 17.2 Å². The molecular formula is C22H25N3O6S. The van der Waals surface area contributed by atoms with Gasteiger partial charge in [-0.05, 0) is 24.1 Å². The fraction of sp³-hybridized carbons (Fsp3) is 0.364. The zero-order valence-corrected chi connectivity index (χ0v) is 19.1. The Kier molecular flexibility index (Phi) is 7.14. The Balaban J connectivity index is 1.77. The molecule has 2 heterocycles. The fourth-order valence-electron chi connectivity index (χ4n) is 3.37. The van der Waals surface area contributed by atoms with E-state index in [4.69, 9.17) is 9.47 Å². The van der Waals surface area contributed by atoms with Gasteiger partial charge in [-0.25, -0.2) is 9.78 Å². The molecule has 0 aliphatic rings. The Morgan fingerprint density at radius 3 is 2.56 bits per heavy atom. The number of nitrogens with one attached hydrogen (secondary N) is 1. The first-order chi connectivity index (χ1) is 15.3. The number of rotatable bonds is 9. The first kappa shape index (κ1) is 23.3. The number of carbonyl (C=O) groups is 2. The summed E-state index contributed by atoms with van der Waals surface area (Å²) in [6, 6.07) is 5.52. The number of benzene rings is 1. The van der Waals surface area contributed by atoms with Gasteiger partial charge in [-0.3, -0.25) is 14.2 Å². The van der Waals surface area contributed by atoms with Crippen molar-refractivity contribution >= 4 is 33.4 Å². The van der Waals surface area contributed by atoms with Crippen LogP contribution in [-0.4, -0.2) is 47.3 Å². The molecule has 1 amide bonds. The molecule has 0 fully saturated rings. The van der Waals surface area contributed by atoms with E-state index in [-0.39, 0.29) is 29.3 Å². The van der Waals surface area contributed by atoms with Crippen LogP contribution in [-0.2, 0) is 17.8 Å². The van der Waals surface area contributed by atoms with Crippen molar-refractivity contribution in [3.63, 3.8) is 0 Å². The topological polar surface area (TPSA) is 120 Å². The summed E-state index contributed by atoms with van der Waals surface area (Å²) >= 11 is 1.11. The molecule has 10 heteroatoms. The van der Waals surface area contributed by atoms with Crippen molar-refractivity contribution in [2.75, 3.05) is 20.8 Å². The summed E-state index contributed by atoms with van der Waals surface area (Å²) < 4.78 is 11.8. The summed E-state index contributed by atoms with van der Waals surface area (Å²) in [5.41, 5.74) is 0.336. The molecule has 3 rings (SSSR count). The SMILES string of the molecule is COc1ccc(CCNC(=O)Cn2c(C(C)C)nc3scc(C(=O)O)c3c2=O)cc1OC. The number of nitrogens with zero attached hydrogens (tertiary/aromatic N) is 2. The van der Waals surface area contributed by atoms with Crippen LogP contribution in [0.15, 0.2) is 28.4 Å². The van der Waals surface area contributed by atoms with Crippen LogP contribution >= 0.6 is 11.3 Å². The van der Waals surface area contributed by atoms with Crippen molar-refractivity contribution in [1.29, 1.82) is 0 Å². The summed E-state index contributed by atoms with van der Waals surface area (Å²) in [7, 11) is 3.12. The second-order valence-electron chi connectivity index (χ2n) is 7.44. The number of hydrogen-bond donors (Lipinski definition) is 2. The normalized spacial score (nSPS) is 11.0. The van der Waals surface area contributed by atoms with Crippen molar-refractivity contribution in [3.05, 3.63) is 50.9 Å². The van der Waals surface area contributed by atoms with E-state index in [0.29, 0.717) is 35.1 Å². The minimum atomic E-state index is -1.20. The van der Waals surface area contributed by atoms with Crippen LogP contribution in [0.2, 0.25) is 0 Å². The van der Waals surface area contributed by atoms with E-state index < -0.39 is 11.5 Å². The maximum absolute atomic E-state index is 13.1. The number of thiophene rings is 1. The van der Waals surface area contributed by atoms with Crippen LogP contribution in [0.25, 0.3) is 10.2 Å². The van der Waals surface area contributed by atoms with Crippen molar-refractivity contribution in [2.24, 2.45) is 0 Å². The molecular weight excluding hydrogens is 434 g/mol. The number of aromatic carboxylic acids is 1. The Bertz CT molecular complexity index is 1210. The van der Waals surface area contributed by atoms with Crippen molar-refractivity contribution < 1.29 is 24.2 Å². The Morgan fingerprint density at radius 1 is 1.22 bits per heavy atom. The summed E-state index contributed by atoms with van der Waals surface area (Å²) in [5, 5.41) is 13.6. The van der Waals surface area contributed by atoms with Gasteiger partial charge in [0.25, 0.3) is 5.56 Å². The number of hydrogen-bond acceptors (Lipinski definition) is 7. The summed E-state index contributed by atoms with van der Waals surface area (Å²) in [4.78, 5) is 42.0. The highest BCUT2D eigenvalue weighted by Gasteiger charge is 2.22. The molecule has 0 bridgehead atoms. The van der Waals surface area contributed by atoms with E-state index in [9.17, 15) is 19.5 Å². The average molecular weight is 460 g/mol. The van der Waals surface area contributed by atoms with Crippen LogP contribution < -0.4 is 20.3 Å². The quantitative estimate of drug-likeness (QED) is 0.505. The summed E-state index contributed by atoms with van der Waals surface area (Å²) in [6.45, 7) is 3.85. The van der Waals surface area contributed by atoms with Gasteiger partial charge in [0.15, 0.2) is 11.5 Å². The van der Waals surface area contributed by atoms with Gasteiger partial charge in [0.05, 0.1) is 25.2 Å². The molecule has 170 valence electrons. The molecule has 0 aliphatic carbocycles. The van der Waals surface area contributed by atoms with Crippen LogP contribution in [0.5, 0.6) is 11.5 Å². The standard InChI is InChI=1S/C22H25N3O6S/c1-12(2)19-24-20-18(14(11-32-20)22(28)29)21(27)25(19)10-17(26)23-8-7-13-5-6-15(30-3)16(9-13)31-4/h5-6,9,11-12H,7-8,10H2,1-4H3,(H,23,26)(H,28,29). The highest BCUT2D eigenvalue weighted by molar-refractivity contribution is 7.17. The van der Waals surface area contributed by atoms with Crippen LogP contribution in [0, 0.1) is 0 Å². The van der Waals surface area contributed by atoms with Crippen LogP contribution in [0.1, 0.15) is 41.5 Å². The molecule has 0 saturated carbocycles. The number of amides is 1. The van der Waals surface area contributed by atoms with E-state index in [1.165, 1.54) is 9.95 Å². The highest BCUT2D eigenvalue weighted by Crippen LogP contribution is 2.27. The number of ether oxygens (including phenoxy) is 2. The van der Waals surface area contributed by atoms with Crippen LogP contribution in [0.3, 0.4) is 0 Å². The third-order valence-corrected chi connectivity index (χ3v) is 5.83. The van der Waals surface area contributed by atoms with Crippen molar-refractivity contribution in [2.45, 2.75) is 32.7 Å². The molecule has 0 aliphatic heterocycles. The van der Waals surface area contributed by atoms with E-state index >= 15 is 0 Å². The lowest BCUT2D eigenvalue weighted by Crippen LogP contribution is -2.35. The smallest absolute Gasteiger partial charge is 0.337 e. The average Bonchev–Trinajstić information content (AvgIpc) is 3.20. The molecule has 0 spiro atoms. The van der Waals surface area contributed by atoms with Gasteiger partial charge in [0, 0.05) is 17.8 Å². The molecule has 0 radical (unpaired) electrons. The number of carboxylic acids is 1. The van der Waals surface area contributed by atoms with Gasteiger partial charge in [-0.15, -0.1) is 11.3 Å². The molecule has 2 aromatic heterocycles. The van der Waals surface area contributed by atoms with E-state index in [1.54, 1.807) is 20.3 Å². The Hall–Kier alpha value is -3.40. The molecule has 1 aromatic carbocycles. The van der Waals surface area contributed by atoms with Gasteiger partial charge in [-0.2, -0.15) is 0 Å². The molecule has 2 N–H and O–H groups in total. The molecule has 3 aromatic rings. The number of methoxy groups -OCH3 is 2. The zero-order chi connectivity index (χ0) is 23.4. The largest absolute Gasteiger partial charge is 0.493 e. The predicted octanol–water partition coefficient (Wildman–Crippen LogP) is 2.66. The third-order valence-electron chi connectivity index (χ3n) is 4.96. The number of aromatic nitrogens is 2. The van der Waals surface area contributed by atoms with E-state index in [0.717, 1.165) is 16.9 Å². The first-order valence-corrected chi connectivity index (χ1v) is 10.9. The van der Waals surface area contributed by atoms with Crippen LogP contribution in [0.4, 0.5) is 0 Å². The molecule has 0 atom stereocenters. The van der Waals surface area contributed by atoms with Gasteiger partial charge >= 0.3 is 5.97 Å². The maximum atomic E-state index is 13.1. The lowest BCUT2D eigenvalue weighted by molar-refractivity contribution is -0.121. The Labute approximate surface area is 188 Å². The second kappa shape index (κ2) is 9.82. The van der Waals surface area contributed by atoms with Gasteiger partial charge < -0.3 is 19.9 Å². The third kappa shape index (κ3) is 4.75. The van der Waals surface area contributed by atoms with Crippen molar-refractivity contribution in [1.82, 2.24) is 14.9 Å².